The molecule has 26 heavy (non-hydrogen) atoms. The molecule has 0 spiro atoms. The highest BCUT2D eigenvalue weighted by Gasteiger charge is 2.33. The predicted molar refractivity (Wildman–Crippen MR) is 88.2 cm³/mol. The summed E-state index contributed by atoms with van der Waals surface area (Å²) in [5.74, 6) is -0.660. The number of para-hydroxylation sites is 1. The molecule has 0 saturated heterocycles. The Bertz CT molecular complexity index is 1030. The van der Waals surface area contributed by atoms with Gasteiger partial charge in [-0.15, -0.1) is 0 Å². The van der Waals surface area contributed by atoms with Crippen LogP contribution < -0.4 is 4.74 Å². The van der Waals surface area contributed by atoms with Crippen molar-refractivity contribution in [2.24, 2.45) is 0 Å². The summed E-state index contributed by atoms with van der Waals surface area (Å²) in [6.45, 7) is 0. The molecular weight excluding hydrogens is 348 g/mol. The molecule has 0 fully saturated rings. The molecule has 0 bridgehead atoms. The molecule has 0 aliphatic rings. The van der Waals surface area contributed by atoms with Crippen molar-refractivity contribution >= 4 is 28.0 Å². The van der Waals surface area contributed by atoms with Crippen LogP contribution in [0, 0.1) is 30.3 Å². The summed E-state index contributed by atoms with van der Waals surface area (Å²) < 4.78 is 5.44. The van der Waals surface area contributed by atoms with E-state index in [1.54, 1.807) is 24.3 Å². The van der Waals surface area contributed by atoms with Crippen LogP contribution in [0.2, 0.25) is 0 Å². The summed E-state index contributed by atoms with van der Waals surface area (Å²) in [4.78, 5) is 34.7. The lowest BCUT2D eigenvalue weighted by atomic mass is 10.2. The van der Waals surface area contributed by atoms with Crippen molar-refractivity contribution in [3.63, 3.8) is 0 Å². The summed E-state index contributed by atoms with van der Waals surface area (Å²) in [6.07, 6.45) is 1.47. The molecule has 3 aromatic rings. The fourth-order valence-corrected chi connectivity index (χ4v) is 2.33. The monoisotopic (exact) mass is 356 g/mol. The van der Waals surface area contributed by atoms with Crippen molar-refractivity contribution in [3.8, 4) is 11.5 Å². The number of non-ortho nitro benzene ring substituents is 1. The molecule has 1 heterocycles. The van der Waals surface area contributed by atoms with E-state index in [2.05, 4.69) is 4.98 Å². The van der Waals surface area contributed by atoms with Gasteiger partial charge in [-0.2, -0.15) is 0 Å². The van der Waals surface area contributed by atoms with Crippen molar-refractivity contribution < 1.29 is 19.5 Å². The van der Waals surface area contributed by atoms with Crippen molar-refractivity contribution in [2.75, 3.05) is 0 Å². The second kappa shape index (κ2) is 6.39. The zero-order chi connectivity index (χ0) is 18.8. The number of hydrogen-bond acceptors (Lipinski definition) is 8. The highest BCUT2D eigenvalue weighted by molar-refractivity contribution is 5.85. The fourth-order valence-electron chi connectivity index (χ4n) is 2.33. The summed E-state index contributed by atoms with van der Waals surface area (Å²) in [7, 11) is 0. The lowest BCUT2D eigenvalue weighted by Gasteiger charge is -2.09. The van der Waals surface area contributed by atoms with Gasteiger partial charge in [-0.25, -0.2) is 0 Å². The maximum absolute atomic E-state index is 11.3. The van der Waals surface area contributed by atoms with Gasteiger partial charge in [0.1, 0.15) is 5.52 Å². The largest absolute Gasteiger partial charge is 0.442 e. The number of nitrogens with zero attached hydrogens (tertiary/aromatic N) is 4. The molecule has 0 aliphatic heterocycles. The molecule has 0 amide bonds. The number of fused-ring (bicyclic) bond motifs is 1. The molecule has 2 aromatic carbocycles. The number of nitro benzene ring substituents is 3. The smallest absolute Gasteiger partial charge is 0.325 e. The third kappa shape index (κ3) is 2.96. The van der Waals surface area contributed by atoms with Crippen LogP contribution in [0.3, 0.4) is 0 Å². The van der Waals surface area contributed by atoms with Gasteiger partial charge in [-0.05, 0) is 12.1 Å². The predicted octanol–water partition coefficient (Wildman–Crippen LogP) is 3.75. The minimum atomic E-state index is -0.978. The van der Waals surface area contributed by atoms with E-state index in [4.69, 9.17) is 4.74 Å². The maximum atomic E-state index is 11.3. The van der Waals surface area contributed by atoms with Crippen molar-refractivity contribution in [3.05, 3.63) is 79.0 Å². The van der Waals surface area contributed by atoms with E-state index < -0.39 is 37.6 Å². The minimum absolute atomic E-state index is 0.0446. The van der Waals surface area contributed by atoms with Crippen LogP contribution in [0.5, 0.6) is 11.5 Å². The van der Waals surface area contributed by atoms with E-state index in [0.29, 0.717) is 23.0 Å². The van der Waals surface area contributed by atoms with Crippen LogP contribution in [0.15, 0.2) is 48.7 Å². The molecule has 0 aliphatic carbocycles. The first kappa shape index (κ1) is 16.7. The van der Waals surface area contributed by atoms with Crippen LogP contribution in [0.25, 0.3) is 10.9 Å². The average Bonchev–Trinajstić information content (AvgIpc) is 2.61. The molecule has 11 nitrogen and oxygen atoms in total. The average molecular weight is 356 g/mol. The first-order chi connectivity index (χ1) is 12.4. The minimum Gasteiger partial charge on any atom is -0.442 e. The van der Waals surface area contributed by atoms with Gasteiger partial charge in [0.05, 0.1) is 26.9 Å². The van der Waals surface area contributed by atoms with Gasteiger partial charge in [-0.3, -0.25) is 35.3 Å². The Kier molecular flexibility index (Phi) is 4.11. The number of rotatable bonds is 5. The lowest BCUT2D eigenvalue weighted by molar-refractivity contribution is -0.404. The van der Waals surface area contributed by atoms with Gasteiger partial charge in [0.15, 0.2) is 5.75 Å². The Balaban J connectivity index is 2.24. The molecule has 0 saturated carbocycles. The van der Waals surface area contributed by atoms with E-state index >= 15 is 0 Å². The van der Waals surface area contributed by atoms with Gasteiger partial charge in [0.25, 0.3) is 11.4 Å². The Morgan fingerprint density at radius 3 is 2.04 bits per heavy atom. The molecule has 1 aromatic heterocycles. The second-order valence-corrected chi connectivity index (χ2v) is 5.02. The van der Waals surface area contributed by atoms with E-state index in [0.717, 1.165) is 0 Å². The van der Waals surface area contributed by atoms with Gasteiger partial charge in [0, 0.05) is 11.6 Å². The topological polar surface area (TPSA) is 152 Å². The second-order valence-electron chi connectivity index (χ2n) is 5.02. The highest BCUT2D eigenvalue weighted by atomic mass is 16.6. The Labute approximate surface area is 143 Å². The standard InChI is InChI=1S/C15H8N4O7/c20-17(21)10-7-11(18(22)23)15(12(8-10)19(24)25)26-13-5-1-3-9-4-2-6-16-14(9)13/h1-8H. The molecule has 11 heteroatoms. The normalized spacial score (nSPS) is 10.5. The molecule has 130 valence electrons. The van der Waals surface area contributed by atoms with E-state index in [1.165, 1.54) is 12.3 Å². The summed E-state index contributed by atoms with van der Waals surface area (Å²) >= 11 is 0. The summed E-state index contributed by atoms with van der Waals surface area (Å²) in [5, 5.41) is 34.1. The molecule has 0 N–H and O–H groups in total. The summed E-state index contributed by atoms with van der Waals surface area (Å²) in [5.41, 5.74) is -2.23. The number of hydrogen-bond donors (Lipinski definition) is 0. The lowest BCUT2D eigenvalue weighted by Crippen LogP contribution is -2.01. The molecule has 0 unspecified atom stereocenters. The molecule has 3 rings (SSSR count). The van der Waals surface area contributed by atoms with Gasteiger partial charge < -0.3 is 4.74 Å². The Hall–Kier alpha value is -4.15. The van der Waals surface area contributed by atoms with Crippen LogP contribution >= 0.6 is 0 Å². The number of ether oxygens (including phenoxy) is 1. The van der Waals surface area contributed by atoms with Gasteiger partial charge in [-0.1, -0.05) is 18.2 Å². The Morgan fingerprint density at radius 1 is 0.846 bits per heavy atom. The molecular formula is C15H8N4O7. The first-order valence-electron chi connectivity index (χ1n) is 7.01. The van der Waals surface area contributed by atoms with Gasteiger partial charge >= 0.3 is 11.4 Å². The zero-order valence-corrected chi connectivity index (χ0v) is 12.8. The van der Waals surface area contributed by atoms with Gasteiger partial charge in [0.2, 0.25) is 0 Å². The third-order valence-corrected chi connectivity index (χ3v) is 3.45. The van der Waals surface area contributed by atoms with Crippen molar-refractivity contribution in [1.29, 1.82) is 0 Å². The van der Waals surface area contributed by atoms with E-state index in [9.17, 15) is 30.3 Å². The SMILES string of the molecule is O=[N+]([O-])c1cc([N+](=O)[O-])c(Oc2cccc3cccnc23)c([N+](=O)[O-])c1. The van der Waals surface area contributed by atoms with Crippen LogP contribution in [-0.4, -0.2) is 19.8 Å². The molecule has 0 atom stereocenters. The first-order valence-corrected chi connectivity index (χ1v) is 7.01. The quantitative estimate of drug-likeness (QED) is 0.495. The van der Waals surface area contributed by atoms with E-state index in [-0.39, 0.29) is 5.75 Å². The van der Waals surface area contributed by atoms with Crippen LogP contribution in [-0.2, 0) is 0 Å². The number of pyridine rings is 1. The van der Waals surface area contributed by atoms with E-state index in [1.807, 2.05) is 0 Å². The zero-order valence-electron chi connectivity index (χ0n) is 12.8. The number of aromatic nitrogens is 1. The van der Waals surface area contributed by atoms with Crippen LogP contribution in [0.4, 0.5) is 17.1 Å². The number of nitro groups is 3. The third-order valence-electron chi connectivity index (χ3n) is 3.45. The summed E-state index contributed by atoms with van der Waals surface area (Å²) in [6, 6.07) is 9.35. The van der Waals surface area contributed by atoms with Crippen molar-refractivity contribution in [1.82, 2.24) is 4.98 Å². The van der Waals surface area contributed by atoms with Crippen LogP contribution in [0.1, 0.15) is 0 Å². The Morgan fingerprint density at radius 2 is 1.46 bits per heavy atom. The maximum Gasteiger partial charge on any atom is 0.325 e. The van der Waals surface area contributed by atoms with Crippen molar-refractivity contribution in [2.45, 2.75) is 0 Å². The number of benzene rings is 2. The fraction of sp³-hybridized carbons (Fsp3) is 0. The molecule has 0 radical (unpaired) electrons. The highest BCUT2D eigenvalue weighted by Crippen LogP contribution is 2.43.